The van der Waals surface area contributed by atoms with Gasteiger partial charge in [-0.15, -0.1) is 0 Å². The fourth-order valence-corrected chi connectivity index (χ4v) is 5.36. The van der Waals surface area contributed by atoms with Gasteiger partial charge in [0.25, 0.3) is 0 Å². The van der Waals surface area contributed by atoms with Gasteiger partial charge in [0.1, 0.15) is 18.7 Å². The summed E-state index contributed by atoms with van der Waals surface area (Å²) in [6.07, 6.45) is 25.2. The minimum absolute atomic E-state index is 0.175. The van der Waals surface area contributed by atoms with Crippen molar-refractivity contribution in [2.75, 3.05) is 6.61 Å². The van der Waals surface area contributed by atoms with Gasteiger partial charge in [0, 0.05) is 0 Å². The second kappa shape index (κ2) is 21.6. The highest BCUT2D eigenvalue weighted by Crippen LogP contribution is 2.36. The lowest BCUT2D eigenvalue weighted by atomic mass is 10.0. The van der Waals surface area contributed by atoms with E-state index in [0.717, 1.165) is 24.8 Å². The second-order valence-corrected chi connectivity index (χ2v) is 12.2. The van der Waals surface area contributed by atoms with Crippen LogP contribution in [0.15, 0.2) is 30.9 Å². The van der Waals surface area contributed by atoms with E-state index in [1.165, 1.54) is 107 Å². The van der Waals surface area contributed by atoms with E-state index in [4.69, 9.17) is 19.0 Å². The van der Waals surface area contributed by atoms with Crippen LogP contribution in [-0.2, 0) is 20.4 Å². The van der Waals surface area contributed by atoms with Gasteiger partial charge in [-0.3, -0.25) is 4.52 Å². The van der Waals surface area contributed by atoms with E-state index in [9.17, 15) is 9.83 Å². The van der Waals surface area contributed by atoms with E-state index >= 15 is 0 Å². The first-order valence-electron chi connectivity index (χ1n) is 15.6. The standard InChI is InChI=1S/C31H51N4O5P/c1-2-3-4-5-6-7-8-9-10-11-12-13-14-15-16-17-18-19-30(25-40-41(36,37)38)39-24-28-20-21-31(29(22-28)23-32)35-27-33-26-34-35/h20-22,26-27,30H,2-19,24-25H2,1H3,(H2,36,37,38)/t30-/m1/s1. The number of ether oxygens (including phenoxy) is 1. The first kappa shape index (κ1) is 35.1. The van der Waals surface area contributed by atoms with Crippen LogP contribution in [-0.4, -0.2) is 37.3 Å². The van der Waals surface area contributed by atoms with Crippen molar-refractivity contribution in [2.45, 2.75) is 135 Å². The van der Waals surface area contributed by atoms with Crippen molar-refractivity contribution < 1.29 is 23.6 Å². The lowest BCUT2D eigenvalue weighted by Gasteiger charge is -2.19. The van der Waals surface area contributed by atoms with Crippen molar-refractivity contribution in [3.8, 4) is 11.8 Å². The van der Waals surface area contributed by atoms with Crippen molar-refractivity contribution in [1.29, 1.82) is 5.26 Å². The largest absolute Gasteiger partial charge is 0.469 e. The van der Waals surface area contributed by atoms with Gasteiger partial charge < -0.3 is 14.5 Å². The Balaban J connectivity index is 1.59. The number of nitrogens with zero attached hydrogens (tertiary/aromatic N) is 4. The molecule has 0 fully saturated rings. The molecular formula is C31H51N4O5P. The molecular weight excluding hydrogens is 539 g/mol. The van der Waals surface area contributed by atoms with Crippen molar-refractivity contribution in [3.05, 3.63) is 42.0 Å². The third-order valence-corrected chi connectivity index (χ3v) is 7.88. The molecule has 0 aliphatic heterocycles. The Kier molecular flexibility index (Phi) is 18.5. The lowest BCUT2D eigenvalue weighted by molar-refractivity contribution is -0.00376. The molecule has 230 valence electrons. The van der Waals surface area contributed by atoms with E-state index in [1.807, 2.05) is 6.07 Å². The number of benzene rings is 1. The molecule has 2 N–H and O–H groups in total. The van der Waals surface area contributed by atoms with Crippen LogP contribution in [0.2, 0.25) is 0 Å². The van der Waals surface area contributed by atoms with Crippen LogP contribution in [0, 0.1) is 11.3 Å². The maximum atomic E-state index is 11.2. The van der Waals surface area contributed by atoms with E-state index < -0.39 is 13.9 Å². The molecule has 2 rings (SSSR count). The van der Waals surface area contributed by atoms with Crippen molar-refractivity contribution in [3.63, 3.8) is 0 Å². The lowest BCUT2D eigenvalue weighted by Crippen LogP contribution is -2.19. The molecule has 0 spiro atoms. The first-order valence-corrected chi connectivity index (χ1v) is 17.2. The van der Waals surface area contributed by atoms with Crippen molar-refractivity contribution in [1.82, 2.24) is 14.8 Å². The Morgan fingerprint density at radius 2 is 1.46 bits per heavy atom. The third kappa shape index (κ3) is 16.8. The Bertz CT molecular complexity index is 1020. The zero-order valence-corrected chi connectivity index (χ0v) is 25.9. The molecule has 1 heterocycles. The predicted molar refractivity (Wildman–Crippen MR) is 161 cm³/mol. The van der Waals surface area contributed by atoms with E-state index in [0.29, 0.717) is 17.7 Å². The van der Waals surface area contributed by atoms with Gasteiger partial charge in [-0.25, -0.2) is 14.2 Å². The van der Waals surface area contributed by atoms with Gasteiger partial charge in [-0.1, -0.05) is 122 Å². The van der Waals surface area contributed by atoms with Gasteiger partial charge >= 0.3 is 7.82 Å². The molecule has 0 saturated carbocycles. The summed E-state index contributed by atoms with van der Waals surface area (Å²) >= 11 is 0. The summed E-state index contributed by atoms with van der Waals surface area (Å²) in [4.78, 5) is 22.2. The smallest absolute Gasteiger partial charge is 0.371 e. The van der Waals surface area contributed by atoms with Crippen LogP contribution in [0.25, 0.3) is 5.69 Å². The molecule has 0 aliphatic carbocycles. The third-order valence-electron chi connectivity index (χ3n) is 7.39. The molecule has 10 heteroatoms. The molecule has 41 heavy (non-hydrogen) atoms. The van der Waals surface area contributed by atoms with Crippen LogP contribution in [0.5, 0.6) is 0 Å². The van der Waals surface area contributed by atoms with E-state index in [2.05, 4.69) is 23.1 Å². The van der Waals surface area contributed by atoms with Crippen LogP contribution >= 0.6 is 7.82 Å². The zero-order valence-electron chi connectivity index (χ0n) is 25.0. The van der Waals surface area contributed by atoms with Crippen molar-refractivity contribution in [2.24, 2.45) is 0 Å². The number of hydrogen-bond donors (Lipinski definition) is 2. The number of aromatic nitrogens is 3. The molecule has 0 aliphatic rings. The number of hydrogen-bond acceptors (Lipinski definition) is 6. The topological polar surface area (TPSA) is 130 Å². The van der Waals surface area contributed by atoms with Gasteiger partial charge in [-0.05, 0) is 24.1 Å². The Morgan fingerprint density at radius 3 is 1.95 bits per heavy atom. The highest BCUT2D eigenvalue weighted by atomic mass is 31.2. The molecule has 9 nitrogen and oxygen atoms in total. The summed E-state index contributed by atoms with van der Waals surface area (Å²) in [6.45, 7) is 2.30. The first-order chi connectivity index (χ1) is 19.9. The van der Waals surface area contributed by atoms with Crippen LogP contribution in [0.4, 0.5) is 0 Å². The van der Waals surface area contributed by atoms with Gasteiger partial charge in [-0.2, -0.15) is 10.4 Å². The minimum atomic E-state index is -4.58. The summed E-state index contributed by atoms with van der Waals surface area (Å²) in [5.41, 5.74) is 1.85. The molecule has 0 radical (unpaired) electrons. The summed E-state index contributed by atoms with van der Waals surface area (Å²) in [6, 6.07) is 7.52. The minimum Gasteiger partial charge on any atom is -0.371 e. The highest BCUT2D eigenvalue weighted by molar-refractivity contribution is 7.46. The normalized spacial score (nSPS) is 12.4. The molecule has 2 aromatic rings. The average Bonchev–Trinajstić information content (AvgIpc) is 3.50. The summed E-state index contributed by atoms with van der Waals surface area (Å²) < 4.78 is 23.5. The molecule has 1 aromatic heterocycles. The number of phosphoric acid groups is 1. The molecule has 1 atom stereocenters. The van der Waals surface area contributed by atoms with Gasteiger partial charge in [0.15, 0.2) is 0 Å². The van der Waals surface area contributed by atoms with E-state index in [-0.39, 0.29) is 13.2 Å². The maximum absolute atomic E-state index is 11.2. The molecule has 0 bridgehead atoms. The summed E-state index contributed by atoms with van der Waals surface area (Å²) in [7, 11) is -4.58. The summed E-state index contributed by atoms with van der Waals surface area (Å²) in [5.74, 6) is 0. The van der Waals surface area contributed by atoms with Gasteiger partial charge in [0.2, 0.25) is 0 Å². The van der Waals surface area contributed by atoms with Crippen LogP contribution < -0.4 is 0 Å². The number of unbranched alkanes of at least 4 members (excludes halogenated alkanes) is 16. The fourth-order valence-electron chi connectivity index (χ4n) is 5.00. The number of phosphoric ester groups is 1. The number of nitriles is 1. The quantitative estimate of drug-likeness (QED) is 0.0874. The molecule has 0 amide bonds. The Hall–Kier alpha value is -2.08. The van der Waals surface area contributed by atoms with Crippen LogP contribution in [0.3, 0.4) is 0 Å². The van der Waals surface area contributed by atoms with E-state index in [1.54, 1.807) is 12.1 Å². The molecule has 1 aromatic carbocycles. The van der Waals surface area contributed by atoms with Gasteiger partial charge in [0.05, 0.1) is 30.6 Å². The predicted octanol–water partition coefficient (Wildman–Crippen LogP) is 8.18. The fraction of sp³-hybridized carbons (Fsp3) is 0.710. The van der Waals surface area contributed by atoms with Crippen molar-refractivity contribution >= 4 is 7.82 Å². The maximum Gasteiger partial charge on any atom is 0.469 e. The van der Waals surface area contributed by atoms with Crippen LogP contribution in [0.1, 0.15) is 134 Å². The molecule has 0 unspecified atom stereocenters. The average molecular weight is 591 g/mol. The molecule has 0 saturated heterocycles. The highest BCUT2D eigenvalue weighted by Gasteiger charge is 2.19. The Labute approximate surface area is 246 Å². The second-order valence-electron chi connectivity index (χ2n) is 11.0. The monoisotopic (exact) mass is 590 g/mol. The zero-order chi connectivity index (χ0) is 29.6. The number of rotatable bonds is 25. The summed E-state index contributed by atoms with van der Waals surface area (Å²) in [5, 5.41) is 13.6. The SMILES string of the molecule is CCCCCCCCCCCCCCCCCCC[C@H](COP(=O)(O)O)OCc1ccc(-n2cncn2)c(C#N)c1. The Morgan fingerprint density at radius 1 is 0.902 bits per heavy atom.